The van der Waals surface area contributed by atoms with Crippen LogP contribution in [0.15, 0.2) is 0 Å². The summed E-state index contributed by atoms with van der Waals surface area (Å²) in [6, 6.07) is 0. The molecule has 0 heterocycles. The number of aliphatic hydroxyl groups is 1. The summed E-state index contributed by atoms with van der Waals surface area (Å²) in [4.78, 5) is 0. The SMILES string of the molecule is CC(C)(C)CCOC1CCCCCCC1O. The van der Waals surface area contributed by atoms with E-state index < -0.39 is 0 Å². The van der Waals surface area contributed by atoms with Crippen LogP contribution in [0.1, 0.15) is 65.7 Å². The Labute approximate surface area is 100 Å². The lowest BCUT2D eigenvalue weighted by atomic mass is 9.92. The third-order valence-electron chi connectivity index (χ3n) is 3.35. The Hall–Kier alpha value is -0.0800. The summed E-state index contributed by atoms with van der Waals surface area (Å²) in [5, 5.41) is 9.98. The number of hydrogen-bond acceptors (Lipinski definition) is 2. The highest BCUT2D eigenvalue weighted by Crippen LogP contribution is 2.23. The molecule has 0 radical (unpaired) electrons. The molecule has 2 atom stereocenters. The Morgan fingerprint density at radius 1 is 1.06 bits per heavy atom. The van der Waals surface area contributed by atoms with E-state index in [1.807, 2.05) is 0 Å². The third-order valence-corrected chi connectivity index (χ3v) is 3.35. The van der Waals surface area contributed by atoms with Crippen molar-refractivity contribution in [2.75, 3.05) is 6.61 Å². The zero-order chi connectivity index (χ0) is 12.0. The van der Waals surface area contributed by atoms with E-state index in [9.17, 15) is 5.11 Å². The minimum absolute atomic E-state index is 0.0858. The highest BCUT2D eigenvalue weighted by atomic mass is 16.5. The van der Waals surface area contributed by atoms with E-state index in [4.69, 9.17) is 4.74 Å². The maximum Gasteiger partial charge on any atom is 0.0833 e. The van der Waals surface area contributed by atoms with Crippen molar-refractivity contribution in [1.82, 2.24) is 0 Å². The van der Waals surface area contributed by atoms with Crippen LogP contribution >= 0.6 is 0 Å². The van der Waals surface area contributed by atoms with Gasteiger partial charge in [-0.3, -0.25) is 0 Å². The van der Waals surface area contributed by atoms with Crippen molar-refractivity contribution in [2.45, 2.75) is 77.9 Å². The van der Waals surface area contributed by atoms with Gasteiger partial charge in [0, 0.05) is 6.61 Å². The molecule has 1 N–H and O–H groups in total. The minimum atomic E-state index is -0.236. The summed E-state index contributed by atoms with van der Waals surface area (Å²) in [6.45, 7) is 7.46. The van der Waals surface area contributed by atoms with Crippen LogP contribution in [-0.2, 0) is 4.74 Å². The van der Waals surface area contributed by atoms with Gasteiger partial charge in [-0.05, 0) is 24.7 Å². The molecule has 1 aliphatic rings. The van der Waals surface area contributed by atoms with Gasteiger partial charge >= 0.3 is 0 Å². The summed E-state index contributed by atoms with van der Waals surface area (Å²) in [7, 11) is 0. The number of aliphatic hydroxyl groups excluding tert-OH is 1. The van der Waals surface area contributed by atoms with Crippen LogP contribution in [0.5, 0.6) is 0 Å². The highest BCUT2D eigenvalue weighted by molar-refractivity contribution is 4.72. The van der Waals surface area contributed by atoms with E-state index in [1.165, 1.54) is 19.3 Å². The highest BCUT2D eigenvalue weighted by Gasteiger charge is 2.21. The number of hydrogen-bond donors (Lipinski definition) is 1. The first-order valence-electron chi connectivity index (χ1n) is 6.79. The molecule has 0 aromatic rings. The van der Waals surface area contributed by atoms with Crippen LogP contribution in [0, 0.1) is 5.41 Å². The lowest BCUT2D eigenvalue weighted by molar-refractivity contribution is -0.0552. The normalized spacial score (nSPS) is 28.5. The molecule has 2 unspecified atom stereocenters. The fourth-order valence-electron chi connectivity index (χ4n) is 2.14. The molecule has 0 aromatic carbocycles. The zero-order valence-electron chi connectivity index (χ0n) is 11.2. The smallest absolute Gasteiger partial charge is 0.0833 e. The molecule has 0 amide bonds. The Bertz CT molecular complexity index is 184. The van der Waals surface area contributed by atoms with Crippen LogP contribution in [0.25, 0.3) is 0 Å². The van der Waals surface area contributed by atoms with Crippen LogP contribution in [0.3, 0.4) is 0 Å². The molecule has 1 fully saturated rings. The van der Waals surface area contributed by atoms with Gasteiger partial charge in [0.25, 0.3) is 0 Å². The van der Waals surface area contributed by atoms with Crippen molar-refractivity contribution in [3.05, 3.63) is 0 Å². The molecular weight excluding hydrogens is 200 g/mol. The lowest BCUT2D eigenvalue weighted by Gasteiger charge is -2.27. The lowest BCUT2D eigenvalue weighted by Crippen LogP contribution is -2.31. The third kappa shape index (κ3) is 5.86. The average molecular weight is 228 g/mol. The van der Waals surface area contributed by atoms with E-state index in [0.29, 0.717) is 5.41 Å². The quantitative estimate of drug-likeness (QED) is 0.801. The minimum Gasteiger partial charge on any atom is -0.390 e. The molecule has 16 heavy (non-hydrogen) atoms. The molecule has 0 aliphatic heterocycles. The molecule has 0 bridgehead atoms. The van der Waals surface area contributed by atoms with Gasteiger partial charge in [0.15, 0.2) is 0 Å². The topological polar surface area (TPSA) is 29.5 Å². The van der Waals surface area contributed by atoms with Crippen molar-refractivity contribution in [3.63, 3.8) is 0 Å². The van der Waals surface area contributed by atoms with Crippen molar-refractivity contribution >= 4 is 0 Å². The molecule has 0 saturated heterocycles. The van der Waals surface area contributed by atoms with E-state index in [1.54, 1.807) is 0 Å². The molecule has 0 aromatic heterocycles. The fraction of sp³-hybridized carbons (Fsp3) is 1.00. The first-order chi connectivity index (χ1) is 7.49. The molecule has 1 aliphatic carbocycles. The van der Waals surface area contributed by atoms with Crippen molar-refractivity contribution < 1.29 is 9.84 Å². The molecular formula is C14H28O2. The molecule has 2 nitrogen and oxygen atoms in total. The van der Waals surface area contributed by atoms with Gasteiger partial charge in [0.2, 0.25) is 0 Å². The van der Waals surface area contributed by atoms with Crippen LogP contribution in [-0.4, -0.2) is 23.9 Å². The predicted molar refractivity (Wildman–Crippen MR) is 67.5 cm³/mol. The first kappa shape index (κ1) is 14.0. The summed E-state index contributed by atoms with van der Waals surface area (Å²) < 4.78 is 5.86. The van der Waals surface area contributed by atoms with Gasteiger partial charge in [-0.15, -0.1) is 0 Å². The van der Waals surface area contributed by atoms with Gasteiger partial charge in [-0.2, -0.15) is 0 Å². The largest absolute Gasteiger partial charge is 0.390 e. The van der Waals surface area contributed by atoms with Crippen molar-refractivity contribution in [3.8, 4) is 0 Å². The van der Waals surface area contributed by atoms with Crippen molar-refractivity contribution in [1.29, 1.82) is 0 Å². The Balaban J connectivity index is 2.26. The van der Waals surface area contributed by atoms with Gasteiger partial charge in [0.05, 0.1) is 12.2 Å². The molecule has 0 spiro atoms. The summed E-state index contributed by atoms with van der Waals surface area (Å²) in [6.07, 6.45) is 7.79. The second kappa shape index (κ2) is 6.61. The van der Waals surface area contributed by atoms with Crippen LogP contribution in [0.4, 0.5) is 0 Å². The van der Waals surface area contributed by atoms with Crippen molar-refractivity contribution in [2.24, 2.45) is 5.41 Å². The fourth-order valence-corrected chi connectivity index (χ4v) is 2.14. The summed E-state index contributed by atoms with van der Waals surface area (Å²) >= 11 is 0. The zero-order valence-corrected chi connectivity index (χ0v) is 11.2. The van der Waals surface area contributed by atoms with E-state index in [-0.39, 0.29) is 12.2 Å². The second-order valence-corrected chi connectivity index (χ2v) is 6.28. The number of ether oxygens (including phenoxy) is 1. The molecule has 96 valence electrons. The number of rotatable bonds is 3. The molecule has 2 heteroatoms. The standard InChI is InChI=1S/C14H28O2/c1-14(2,3)10-11-16-13-9-7-5-4-6-8-12(13)15/h12-13,15H,4-11H2,1-3H3. The van der Waals surface area contributed by atoms with E-state index in [0.717, 1.165) is 32.3 Å². The Kier molecular flexibility index (Phi) is 5.77. The molecule has 1 rings (SSSR count). The van der Waals surface area contributed by atoms with Gasteiger partial charge in [0.1, 0.15) is 0 Å². The molecule has 1 saturated carbocycles. The van der Waals surface area contributed by atoms with Gasteiger partial charge < -0.3 is 9.84 Å². The maximum absolute atomic E-state index is 9.98. The van der Waals surface area contributed by atoms with Crippen LogP contribution < -0.4 is 0 Å². The first-order valence-corrected chi connectivity index (χ1v) is 6.79. The Morgan fingerprint density at radius 2 is 1.69 bits per heavy atom. The monoisotopic (exact) mass is 228 g/mol. The second-order valence-electron chi connectivity index (χ2n) is 6.28. The van der Waals surface area contributed by atoms with Crippen LogP contribution in [0.2, 0.25) is 0 Å². The van der Waals surface area contributed by atoms with E-state index >= 15 is 0 Å². The predicted octanol–water partition coefficient (Wildman–Crippen LogP) is 3.52. The van der Waals surface area contributed by atoms with E-state index in [2.05, 4.69) is 20.8 Å². The maximum atomic E-state index is 9.98. The average Bonchev–Trinajstić information content (AvgIpc) is 2.15. The Morgan fingerprint density at radius 3 is 2.31 bits per heavy atom. The van der Waals surface area contributed by atoms with Gasteiger partial charge in [-0.25, -0.2) is 0 Å². The summed E-state index contributed by atoms with van der Waals surface area (Å²) in [5.74, 6) is 0. The summed E-state index contributed by atoms with van der Waals surface area (Å²) in [5.41, 5.74) is 0.326. The van der Waals surface area contributed by atoms with Gasteiger partial charge in [-0.1, -0.05) is 46.5 Å².